The van der Waals surface area contributed by atoms with Crippen molar-refractivity contribution in [1.82, 2.24) is 0 Å². The van der Waals surface area contributed by atoms with Gasteiger partial charge >= 0.3 is 18.9 Å². The van der Waals surface area contributed by atoms with Crippen molar-refractivity contribution in [2.45, 2.75) is 4.90 Å². The van der Waals surface area contributed by atoms with Crippen LogP contribution >= 0.6 is 0 Å². The van der Waals surface area contributed by atoms with E-state index in [0.29, 0.717) is 10.5 Å². The Morgan fingerprint density at radius 1 is 0.765 bits per heavy atom. The molecule has 0 aliphatic rings. The third kappa shape index (κ3) is 3.67. The zero-order valence-electron chi connectivity index (χ0n) is 9.58. The zero-order chi connectivity index (χ0) is 11.4. The van der Waals surface area contributed by atoms with Gasteiger partial charge in [-0.3, -0.25) is 0 Å². The first-order valence-electron chi connectivity index (χ1n) is 4.88. The number of hydrogen-bond acceptors (Lipinski definition) is 2. The third-order valence-corrected chi connectivity index (χ3v) is 3.67. The molecule has 0 bridgehead atoms. The second-order valence-corrected chi connectivity index (χ2v) is 5.18. The van der Waals surface area contributed by atoms with E-state index in [2.05, 4.69) is 0 Å². The smallest absolute Gasteiger partial charge is 0.232 e. The number of sulfone groups is 1. The van der Waals surface area contributed by atoms with E-state index in [4.69, 9.17) is 0 Å². The minimum Gasteiger partial charge on any atom is -0.232 e. The van der Waals surface area contributed by atoms with Gasteiger partial charge < -0.3 is 0 Å². The molecule has 0 saturated heterocycles. The van der Waals surface area contributed by atoms with Crippen LogP contribution in [0.2, 0.25) is 0 Å². The standard InChI is InChI=1S/C13H11O2S.Li/c14-16(15,13-9-5-2-6-10-13)11-12-7-3-1-4-8-12;/h1-11H;/q-1;+1. The first kappa shape index (κ1) is 13.9. The maximum atomic E-state index is 11.9. The average Bonchev–Trinajstić information content (AvgIpc) is 2.31. The fraction of sp³-hybridized carbons (Fsp3) is 0. The predicted molar refractivity (Wildman–Crippen MR) is 63.5 cm³/mol. The fourth-order valence-corrected chi connectivity index (χ4v) is 2.58. The summed E-state index contributed by atoms with van der Waals surface area (Å²) < 4.78 is 23.9. The van der Waals surface area contributed by atoms with Crippen molar-refractivity contribution in [1.29, 1.82) is 0 Å². The molecular weight excluding hydrogens is 227 g/mol. The molecule has 0 aliphatic carbocycles. The Labute approximate surface area is 114 Å². The molecule has 2 nitrogen and oxygen atoms in total. The molecule has 2 aromatic carbocycles. The van der Waals surface area contributed by atoms with E-state index >= 15 is 0 Å². The van der Waals surface area contributed by atoms with E-state index < -0.39 is 9.84 Å². The number of rotatable bonds is 3. The summed E-state index contributed by atoms with van der Waals surface area (Å²) in [7, 11) is -3.34. The van der Waals surface area contributed by atoms with Gasteiger partial charge in [0.15, 0.2) is 9.84 Å². The van der Waals surface area contributed by atoms with Gasteiger partial charge in [0.05, 0.1) is 4.90 Å². The SMILES string of the molecule is O=S(=O)([CH-]c1ccccc1)c1ccccc1.[Li+]. The maximum absolute atomic E-state index is 11.9. The van der Waals surface area contributed by atoms with E-state index in [9.17, 15) is 8.42 Å². The van der Waals surface area contributed by atoms with Gasteiger partial charge in [-0.25, -0.2) is 8.42 Å². The van der Waals surface area contributed by atoms with Crippen LogP contribution in [0.4, 0.5) is 0 Å². The molecule has 0 spiro atoms. The van der Waals surface area contributed by atoms with Gasteiger partial charge in [-0.2, -0.15) is 17.7 Å². The van der Waals surface area contributed by atoms with Crippen molar-refractivity contribution >= 4 is 9.84 Å². The van der Waals surface area contributed by atoms with Gasteiger partial charge in [0.1, 0.15) is 0 Å². The first-order valence-corrected chi connectivity index (χ1v) is 6.43. The third-order valence-electron chi connectivity index (χ3n) is 2.16. The molecule has 0 saturated carbocycles. The molecule has 0 atom stereocenters. The Bertz CT molecular complexity index is 550. The largest absolute Gasteiger partial charge is 1.00 e. The Morgan fingerprint density at radius 3 is 1.76 bits per heavy atom. The second-order valence-electron chi connectivity index (χ2n) is 3.39. The summed E-state index contributed by atoms with van der Waals surface area (Å²) in [5.41, 5.74) is 0.686. The molecule has 2 rings (SSSR count). The summed E-state index contributed by atoms with van der Waals surface area (Å²) in [5, 5.41) is 0. The van der Waals surface area contributed by atoms with Gasteiger partial charge in [0.2, 0.25) is 0 Å². The molecule has 0 fully saturated rings. The van der Waals surface area contributed by atoms with Crippen molar-refractivity contribution in [3.8, 4) is 0 Å². The maximum Gasteiger partial charge on any atom is 1.00 e. The Balaban J connectivity index is 0.00000144. The van der Waals surface area contributed by atoms with Crippen molar-refractivity contribution in [2.24, 2.45) is 0 Å². The molecule has 0 heterocycles. The molecule has 0 radical (unpaired) electrons. The van der Waals surface area contributed by atoms with Crippen molar-refractivity contribution in [3.63, 3.8) is 0 Å². The van der Waals surface area contributed by atoms with Crippen LogP contribution in [0.25, 0.3) is 0 Å². The minimum absolute atomic E-state index is 0. The van der Waals surface area contributed by atoms with Crippen LogP contribution in [-0.4, -0.2) is 8.42 Å². The van der Waals surface area contributed by atoms with Gasteiger partial charge in [-0.1, -0.05) is 30.0 Å². The van der Waals surface area contributed by atoms with Crippen LogP contribution in [0.15, 0.2) is 65.6 Å². The first-order chi connectivity index (χ1) is 7.68. The zero-order valence-corrected chi connectivity index (χ0v) is 10.4. The minimum atomic E-state index is -3.34. The van der Waals surface area contributed by atoms with Crippen molar-refractivity contribution in [3.05, 3.63) is 72.0 Å². The van der Waals surface area contributed by atoms with E-state index in [-0.39, 0.29) is 18.9 Å². The van der Waals surface area contributed by atoms with E-state index in [1.807, 2.05) is 18.2 Å². The molecule has 0 N–H and O–H groups in total. The Hall–Kier alpha value is -1.14. The van der Waals surface area contributed by atoms with Crippen molar-refractivity contribution < 1.29 is 27.3 Å². The fourth-order valence-electron chi connectivity index (χ4n) is 1.39. The van der Waals surface area contributed by atoms with E-state index in [0.717, 1.165) is 0 Å². The van der Waals surface area contributed by atoms with Crippen molar-refractivity contribution in [2.75, 3.05) is 0 Å². The molecule has 17 heavy (non-hydrogen) atoms. The monoisotopic (exact) mass is 238 g/mol. The summed E-state index contributed by atoms with van der Waals surface area (Å²) in [6, 6.07) is 17.4. The van der Waals surface area contributed by atoms with Crippen LogP contribution in [0.3, 0.4) is 0 Å². The van der Waals surface area contributed by atoms with Gasteiger partial charge in [-0.15, -0.1) is 12.1 Å². The molecule has 0 amide bonds. The number of benzene rings is 2. The molecule has 4 heteroatoms. The molecular formula is C13H11LiO2S. The van der Waals surface area contributed by atoms with Gasteiger partial charge in [0.25, 0.3) is 0 Å². The summed E-state index contributed by atoms with van der Waals surface area (Å²) >= 11 is 0. The molecule has 0 aromatic heterocycles. The topological polar surface area (TPSA) is 34.1 Å². The van der Waals surface area contributed by atoms with Gasteiger partial charge in [0, 0.05) is 0 Å². The summed E-state index contributed by atoms with van der Waals surface area (Å²) in [6.45, 7) is 0. The molecule has 82 valence electrons. The van der Waals surface area contributed by atoms with Crippen LogP contribution in [0.1, 0.15) is 5.56 Å². The summed E-state index contributed by atoms with van der Waals surface area (Å²) in [4.78, 5) is 0.318. The van der Waals surface area contributed by atoms with Gasteiger partial charge in [-0.05, 0) is 12.1 Å². The Kier molecular flexibility index (Phi) is 4.89. The predicted octanol–water partition coefficient (Wildman–Crippen LogP) is -0.326. The molecule has 0 unspecified atom stereocenters. The summed E-state index contributed by atoms with van der Waals surface area (Å²) in [5.74, 6) is 1.28. The average molecular weight is 238 g/mol. The summed E-state index contributed by atoms with van der Waals surface area (Å²) in [6.07, 6.45) is 0. The Morgan fingerprint density at radius 2 is 1.24 bits per heavy atom. The van der Waals surface area contributed by atoms with Crippen LogP contribution in [0.5, 0.6) is 0 Å². The van der Waals surface area contributed by atoms with Crippen LogP contribution in [-0.2, 0) is 9.84 Å². The number of hydrogen-bond donors (Lipinski definition) is 0. The quantitative estimate of drug-likeness (QED) is 0.542. The van der Waals surface area contributed by atoms with Crippen LogP contribution < -0.4 is 18.9 Å². The van der Waals surface area contributed by atoms with E-state index in [1.54, 1.807) is 42.5 Å². The second kappa shape index (κ2) is 5.97. The molecule has 0 aliphatic heterocycles. The molecule has 2 aromatic rings. The van der Waals surface area contributed by atoms with E-state index in [1.165, 1.54) is 5.75 Å². The van der Waals surface area contributed by atoms with Crippen LogP contribution in [0, 0.1) is 5.75 Å². The normalized spacial score (nSPS) is 10.4.